The number of aliphatic hydroxyl groups is 1. The van der Waals surface area contributed by atoms with Crippen LogP contribution in [-0.4, -0.2) is 28.1 Å². The Kier molecular flexibility index (Phi) is 5.28. The summed E-state index contributed by atoms with van der Waals surface area (Å²) in [5.41, 5.74) is 1.02. The molecule has 2 N–H and O–H groups in total. The highest BCUT2D eigenvalue weighted by Gasteiger charge is 2.25. The van der Waals surface area contributed by atoms with E-state index in [1.54, 1.807) is 11.3 Å². The van der Waals surface area contributed by atoms with Crippen molar-refractivity contribution in [2.75, 3.05) is 0 Å². The van der Waals surface area contributed by atoms with Gasteiger partial charge in [-0.1, -0.05) is 25.0 Å². The molecule has 4 nitrogen and oxygen atoms in total. The Balaban J connectivity index is 1.52. The number of aromatic nitrogens is 1. The van der Waals surface area contributed by atoms with Gasteiger partial charge in [0.1, 0.15) is 0 Å². The molecule has 1 saturated carbocycles. The number of benzene rings is 1. The normalized spacial score (nSPS) is 22.9. The van der Waals surface area contributed by atoms with E-state index in [1.807, 2.05) is 25.1 Å². The fourth-order valence-corrected chi connectivity index (χ4v) is 4.41. The Bertz CT molecular complexity index is 637. The SMILES string of the molecule is CC(Cc1nc2ccccc2s1)NC(=O)C[C@@H]1CCCC[C@H]1O. The molecule has 3 atom stereocenters. The van der Waals surface area contributed by atoms with Crippen molar-refractivity contribution in [1.82, 2.24) is 10.3 Å². The third-order valence-corrected chi connectivity index (χ3v) is 5.60. The Morgan fingerprint density at radius 2 is 2.17 bits per heavy atom. The fourth-order valence-electron chi connectivity index (χ4n) is 3.32. The molecule has 5 heteroatoms. The third kappa shape index (κ3) is 4.30. The first-order chi connectivity index (χ1) is 11.1. The smallest absolute Gasteiger partial charge is 0.220 e. The Hall–Kier alpha value is -1.46. The molecule has 1 aliphatic carbocycles. The van der Waals surface area contributed by atoms with Crippen molar-refractivity contribution in [3.05, 3.63) is 29.3 Å². The highest BCUT2D eigenvalue weighted by atomic mass is 32.1. The lowest BCUT2D eigenvalue weighted by atomic mass is 9.84. The molecule has 0 bridgehead atoms. The van der Waals surface area contributed by atoms with Crippen LogP contribution in [0.3, 0.4) is 0 Å². The lowest BCUT2D eigenvalue weighted by Gasteiger charge is -2.27. The summed E-state index contributed by atoms with van der Waals surface area (Å²) in [6, 6.07) is 8.16. The second kappa shape index (κ2) is 7.41. The molecular weight excluding hydrogens is 308 g/mol. The predicted octanol–water partition coefficient (Wildman–Crippen LogP) is 3.28. The molecule has 1 fully saturated rings. The average Bonchev–Trinajstić information content (AvgIpc) is 2.91. The quantitative estimate of drug-likeness (QED) is 0.883. The first kappa shape index (κ1) is 16.4. The predicted molar refractivity (Wildman–Crippen MR) is 93.5 cm³/mol. The van der Waals surface area contributed by atoms with Crippen molar-refractivity contribution in [1.29, 1.82) is 0 Å². The largest absolute Gasteiger partial charge is 0.393 e. The van der Waals surface area contributed by atoms with Crippen LogP contribution in [0.4, 0.5) is 0 Å². The van der Waals surface area contributed by atoms with E-state index in [4.69, 9.17) is 0 Å². The number of carbonyl (C=O) groups is 1. The molecule has 1 heterocycles. The van der Waals surface area contributed by atoms with Crippen molar-refractivity contribution >= 4 is 27.5 Å². The molecular formula is C18H24N2O2S. The van der Waals surface area contributed by atoms with E-state index in [-0.39, 0.29) is 24.0 Å². The van der Waals surface area contributed by atoms with Gasteiger partial charge in [-0.15, -0.1) is 11.3 Å². The van der Waals surface area contributed by atoms with E-state index in [1.165, 1.54) is 4.70 Å². The Labute approximate surface area is 140 Å². The highest BCUT2D eigenvalue weighted by Crippen LogP contribution is 2.27. The van der Waals surface area contributed by atoms with Crippen LogP contribution in [-0.2, 0) is 11.2 Å². The molecule has 3 rings (SSSR count). The van der Waals surface area contributed by atoms with Crippen LogP contribution in [0.2, 0.25) is 0 Å². The number of hydrogen-bond donors (Lipinski definition) is 2. The minimum Gasteiger partial charge on any atom is -0.393 e. The summed E-state index contributed by atoms with van der Waals surface area (Å²) >= 11 is 1.69. The molecule has 1 unspecified atom stereocenters. The summed E-state index contributed by atoms with van der Waals surface area (Å²) in [7, 11) is 0. The molecule has 0 saturated heterocycles. The van der Waals surface area contributed by atoms with Crippen LogP contribution in [0.1, 0.15) is 44.0 Å². The summed E-state index contributed by atoms with van der Waals surface area (Å²) in [5, 5.41) is 14.1. The van der Waals surface area contributed by atoms with Gasteiger partial charge in [-0.2, -0.15) is 0 Å². The zero-order valence-electron chi connectivity index (χ0n) is 13.5. The second-order valence-electron chi connectivity index (χ2n) is 6.56. The minimum atomic E-state index is -0.311. The Morgan fingerprint density at radius 1 is 1.39 bits per heavy atom. The zero-order chi connectivity index (χ0) is 16.2. The third-order valence-electron chi connectivity index (χ3n) is 4.54. The number of fused-ring (bicyclic) bond motifs is 1. The van der Waals surface area contributed by atoms with E-state index < -0.39 is 0 Å². The van der Waals surface area contributed by atoms with Gasteiger partial charge in [-0.3, -0.25) is 4.79 Å². The number of carbonyl (C=O) groups excluding carboxylic acids is 1. The van der Waals surface area contributed by atoms with E-state index in [0.717, 1.165) is 42.6 Å². The number of aliphatic hydroxyl groups excluding tert-OH is 1. The molecule has 1 aromatic carbocycles. The fraction of sp³-hybridized carbons (Fsp3) is 0.556. The molecule has 124 valence electrons. The molecule has 0 radical (unpaired) electrons. The Morgan fingerprint density at radius 3 is 2.96 bits per heavy atom. The molecule has 0 aliphatic heterocycles. The second-order valence-corrected chi connectivity index (χ2v) is 7.68. The van der Waals surface area contributed by atoms with Gasteiger partial charge in [0.05, 0.1) is 21.3 Å². The van der Waals surface area contributed by atoms with Gasteiger partial charge in [0, 0.05) is 18.9 Å². The van der Waals surface area contributed by atoms with Gasteiger partial charge in [0.2, 0.25) is 5.91 Å². The molecule has 23 heavy (non-hydrogen) atoms. The topological polar surface area (TPSA) is 62.2 Å². The lowest BCUT2D eigenvalue weighted by molar-refractivity contribution is -0.124. The zero-order valence-corrected chi connectivity index (χ0v) is 14.3. The maximum Gasteiger partial charge on any atom is 0.220 e. The monoisotopic (exact) mass is 332 g/mol. The van der Waals surface area contributed by atoms with Crippen LogP contribution in [0, 0.1) is 5.92 Å². The number of para-hydroxylation sites is 1. The van der Waals surface area contributed by atoms with Crippen LogP contribution >= 0.6 is 11.3 Å². The summed E-state index contributed by atoms with van der Waals surface area (Å²) < 4.78 is 1.19. The van der Waals surface area contributed by atoms with Gasteiger partial charge >= 0.3 is 0 Å². The number of nitrogens with zero attached hydrogens (tertiary/aromatic N) is 1. The maximum absolute atomic E-state index is 12.2. The van der Waals surface area contributed by atoms with Crippen molar-refractivity contribution in [2.24, 2.45) is 5.92 Å². The lowest BCUT2D eigenvalue weighted by Crippen LogP contribution is -2.37. The van der Waals surface area contributed by atoms with Crippen LogP contribution in [0.25, 0.3) is 10.2 Å². The van der Waals surface area contributed by atoms with Crippen LogP contribution in [0.5, 0.6) is 0 Å². The van der Waals surface area contributed by atoms with Crippen molar-refractivity contribution < 1.29 is 9.90 Å². The van der Waals surface area contributed by atoms with E-state index >= 15 is 0 Å². The number of nitrogens with one attached hydrogen (secondary N) is 1. The van der Waals surface area contributed by atoms with Crippen molar-refractivity contribution in [3.8, 4) is 0 Å². The first-order valence-electron chi connectivity index (χ1n) is 8.43. The van der Waals surface area contributed by atoms with Crippen molar-refractivity contribution in [2.45, 2.75) is 57.6 Å². The summed E-state index contributed by atoms with van der Waals surface area (Å²) in [6.07, 6.45) is 4.86. The number of hydrogen-bond acceptors (Lipinski definition) is 4. The number of amides is 1. The molecule has 1 aromatic heterocycles. The van der Waals surface area contributed by atoms with Gasteiger partial charge < -0.3 is 10.4 Å². The average molecular weight is 332 g/mol. The van der Waals surface area contributed by atoms with E-state index in [2.05, 4.69) is 16.4 Å². The van der Waals surface area contributed by atoms with Gasteiger partial charge in [-0.05, 0) is 37.8 Å². The maximum atomic E-state index is 12.2. The van der Waals surface area contributed by atoms with Gasteiger partial charge in [-0.25, -0.2) is 4.98 Å². The number of thiazole rings is 1. The minimum absolute atomic E-state index is 0.0459. The first-order valence-corrected chi connectivity index (χ1v) is 9.25. The van der Waals surface area contributed by atoms with E-state index in [0.29, 0.717) is 6.42 Å². The highest BCUT2D eigenvalue weighted by molar-refractivity contribution is 7.18. The standard InChI is InChI=1S/C18H24N2O2S/c1-12(10-18-20-14-7-3-5-9-16(14)23-18)19-17(22)11-13-6-2-4-8-15(13)21/h3,5,7,9,12-13,15,21H,2,4,6,8,10-11H2,1H3,(H,19,22)/t12?,13-,15+/m0/s1. The molecule has 2 aromatic rings. The van der Waals surface area contributed by atoms with Crippen LogP contribution < -0.4 is 5.32 Å². The van der Waals surface area contributed by atoms with Crippen molar-refractivity contribution in [3.63, 3.8) is 0 Å². The molecule has 0 spiro atoms. The van der Waals surface area contributed by atoms with Crippen LogP contribution in [0.15, 0.2) is 24.3 Å². The summed E-state index contributed by atoms with van der Waals surface area (Å²) in [4.78, 5) is 16.8. The summed E-state index contributed by atoms with van der Waals surface area (Å²) in [5.74, 6) is 0.169. The van der Waals surface area contributed by atoms with E-state index in [9.17, 15) is 9.90 Å². The van der Waals surface area contributed by atoms with Gasteiger partial charge in [0.25, 0.3) is 0 Å². The number of rotatable bonds is 5. The van der Waals surface area contributed by atoms with Gasteiger partial charge in [0.15, 0.2) is 0 Å². The molecule has 1 aliphatic rings. The molecule has 1 amide bonds. The summed E-state index contributed by atoms with van der Waals surface area (Å²) in [6.45, 7) is 2.02.